The molecule has 728 valence electrons. The maximum Gasteiger partial charge on any atom is 4.00 e. The van der Waals surface area contributed by atoms with E-state index in [1.165, 1.54) is 501 Å². The Kier molecular flexibility index (Phi) is 146. The van der Waals surface area contributed by atoms with Crippen molar-refractivity contribution in [2.45, 2.75) is 658 Å². The Bertz CT molecular complexity index is 1570. The van der Waals surface area contributed by atoms with Gasteiger partial charge in [0.25, 0.3) is 0 Å². The minimum Gasteiger partial charge on any atom is -0.550 e. The molecule has 0 aromatic rings. The molecule has 0 saturated carbocycles. The van der Waals surface area contributed by atoms with E-state index in [4.69, 9.17) is 10.2 Å². The molecule has 122 heavy (non-hydrogen) atoms. The number of aliphatic carboxylic acids is 6. The number of hydrogen-bond donors (Lipinski definition) is 2. The third-order valence-electron chi connectivity index (χ3n) is 23.9. The van der Waals surface area contributed by atoms with E-state index in [2.05, 4.69) is 41.5 Å². The zero-order chi connectivity index (χ0) is 89.3. The van der Waals surface area contributed by atoms with Gasteiger partial charge >= 0.3 is 33.7 Å². The molecule has 0 aromatic carbocycles. The molecule has 0 rings (SSSR count). The molecule has 0 aliphatic carbocycles. The Balaban J connectivity index is -0.000000212. The van der Waals surface area contributed by atoms with Gasteiger partial charge in [0.15, 0.2) is 0 Å². The van der Waals surface area contributed by atoms with E-state index < -0.39 is 35.8 Å². The summed E-state index contributed by atoms with van der Waals surface area (Å²) in [5.74, 6) is -4.92. The van der Waals surface area contributed by atoms with Gasteiger partial charge in [-0.1, -0.05) is 581 Å². The zero-order valence-corrected chi connectivity index (χ0v) is 85.4. The molecule has 0 aromatic heterocycles. The summed E-state index contributed by atoms with van der Waals surface area (Å²) in [6.07, 6.45) is 120. The minimum atomic E-state index is -0.903. The number of carboxylic acid groups (broad SMARTS) is 6. The third kappa shape index (κ3) is 161. The molecule has 0 heterocycles. The predicted molar refractivity (Wildman–Crippen MR) is 523 cm³/mol. The van der Waals surface area contributed by atoms with Crippen LogP contribution in [0.5, 0.6) is 0 Å². The number of carbonyl (C=O) groups is 6. The topological polar surface area (TPSA) is 235 Å². The minimum absolute atomic E-state index is 0. The summed E-state index contributed by atoms with van der Waals surface area (Å²) in [5, 5.41) is 57.9. The van der Waals surface area contributed by atoms with Gasteiger partial charge in [0, 0.05) is 36.7 Å². The standard InChI is InChI=1S/6C18H36O2.H2S.Ti/c6*1-2-3-4-5-6-7-8-9-10-11-12-13-14-15-16-17-18(19)20;;/h6*2-17H2,1H3,(H,19,20);1H2;/q;;;;;;;+4/p-4. The quantitative estimate of drug-likeness (QED) is 0.0427. The van der Waals surface area contributed by atoms with Crippen molar-refractivity contribution in [2.75, 3.05) is 0 Å². The second kappa shape index (κ2) is 132. The molecule has 12 nitrogen and oxygen atoms in total. The SMILES string of the molecule is CCCCCCCCCCCCCCCCCC(=O)O.CCCCCCCCCCCCCCCCCC(=O)O.CCCCCCCCCCCCCCCCCC(=O)[O-].CCCCCCCCCCCCCCCCCC(=O)[O-].CCCCCCCCCCCCCCCCCC(=O)[O-].CCCCCCCCCCCCCCCCCC(=O)[O-].S.[Ti+4]. The fraction of sp³-hybridized carbons (Fsp3) is 0.944. The first kappa shape index (κ1) is 135. The Morgan fingerprint density at radius 1 is 0.139 bits per heavy atom. The summed E-state index contributed by atoms with van der Waals surface area (Å²) in [6.45, 7) is 13.6. The molecule has 2 N–H and O–H groups in total. The van der Waals surface area contributed by atoms with Crippen molar-refractivity contribution in [3.8, 4) is 0 Å². The van der Waals surface area contributed by atoms with Crippen LogP contribution in [0.4, 0.5) is 0 Å². The van der Waals surface area contributed by atoms with Crippen molar-refractivity contribution < 1.29 is 81.1 Å². The van der Waals surface area contributed by atoms with Crippen molar-refractivity contribution >= 4 is 49.3 Å². The molecule has 0 radical (unpaired) electrons. The van der Waals surface area contributed by atoms with E-state index in [-0.39, 0.29) is 60.9 Å². The zero-order valence-electron chi connectivity index (χ0n) is 82.9. The fourth-order valence-electron chi connectivity index (χ4n) is 15.9. The van der Waals surface area contributed by atoms with E-state index in [1.54, 1.807) is 0 Å². The van der Waals surface area contributed by atoms with E-state index in [0.29, 0.717) is 12.8 Å². The van der Waals surface area contributed by atoms with E-state index >= 15 is 0 Å². The van der Waals surface area contributed by atoms with Gasteiger partial charge in [-0.3, -0.25) is 9.59 Å². The molecule has 0 atom stereocenters. The van der Waals surface area contributed by atoms with Crippen molar-refractivity contribution in [3.63, 3.8) is 0 Å². The molecule has 0 spiro atoms. The van der Waals surface area contributed by atoms with Crippen LogP contribution in [0.2, 0.25) is 0 Å². The number of unbranched alkanes of at least 4 members (excludes halogenated alkanes) is 84. The van der Waals surface area contributed by atoms with E-state index in [0.717, 1.165) is 77.0 Å². The summed E-state index contributed by atoms with van der Waals surface area (Å²) in [4.78, 5) is 61.6. The predicted octanol–water partition coefficient (Wildman–Crippen LogP) is 32.8. The summed E-state index contributed by atoms with van der Waals surface area (Å²) < 4.78 is 0. The van der Waals surface area contributed by atoms with Crippen molar-refractivity contribution in [3.05, 3.63) is 0 Å². The number of carbonyl (C=O) groups excluding carboxylic acids is 4. The first-order chi connectivity index (χ1) is 58.6. The average molecular weight is 1780 g/mol. The monoisotopic (exact) mass is 1780 g/mol. The molecule has 0 saturated heterocycles. The van der Waals surface area contributed by atoms with Crippen LogP contribution >= 0.6 is 13.5 Å². The summed E-state index contributed by atoms with van der Waals surface area (Å²) >= 11 is 0. The molecular formula is C108H214O12STi. The maximum absolute atomic E-state index is 10.3. The Morgan fingerprint density at radius 3 is 0.270 bits per heavy atom. The largest absolute Gasteiger partial charge is 4.00 e. The maximum atomic E-state index is 10.3. The molecule has 0 bridgehead atoms. The van der Waals surface area contributed by atoms with Crippen LogP contribution in [0.3, 0.4) is 0 Å². The van der Waals surface area contributed by atoms with Gasteiger partial charge in [0.1, 0.15) is 0 Å². The van der Waals surface area contributed by atoms with Gasteiger partial charge < -0.3 is 49.8 Å². The van der Waals surface area contributed by atoms with E-state index in [9.17, 15) is 49.2 Å². The molecule has 0 aliphatic heterocycles. The Hall–Kier alpha value is -2.12. The number of rotatable bonds is 96. The van der Waals surface area contributed by atoms with Gasteiger partial charge in [-0.15, -0.1) is 0 Å². The molecule has 0 unspecified atom stereocenters. The summed E-state index contributed by atoms with van der Waals surface area (Å²) in [7, 11) is 0. The number of carboxylic acids is 6. The molecule has 0 fully saturated rings. The van der Waals surface area contributed by atoms with Gasteiger partial charge in [0.05, 0.1) is 0 Å². The van der Waals surface area contributed by atoms with Crippen molar-refractivity contribution in [1.29, 1.82) is 0 Å². The van der Waals surface area contributed by atoms with Crippen LogP contribution in [-0.4, -0.2) is 46.0 Å². The fourth-order valence-corrected chi connectivity index (χ4v) is 15.9. The van der Waals surface area contributed by atoms with E-state index in [1.807, 2.05) is 0 Å². The van der Waals surface area contributed by atoms with Crippen LogP contribution in [0.1, 0.15) is 658 Å². The van der Waals surface area contributed by atoms with Gasteiger partial charge in [-0.2, -0.15) is 13.5 Å². The van der Waals surface area contributed by atoms with Crippen LogP contribution in [0.15, 0.2) is 0 Å². The first-order valence-electron chi connectivity index (χ1n) is 53.9. The third-order valence-corrected chi connectivity index (χ3v) is 23.9. The van der Waals surface area contributed by atoms with Crippen LogP contribution in [0, 0.1) is 0 Å². The molecule has 0 amide bonds. The van der Waals surface area contributed by atoms with Crippen molar-refractivity contribution in [1.82, 2.24) is 0 Å². The van der Waals surface area contributed by atoms with Crippen LogP contribution in [-0.2, 0) is 50.5 Å². The van der Waals surface area contributed by atoms with Gasteiger partial charge in [-0.25, -0.2) is 0 Å². The smallest absolute Gasteiger partial charge is 0.550 e. The van der Waals surface area contributed by atoms with Crippen LogP contribution < -0.4 is 20.4 Å². The van der Waals surface area contributed by atoms with Crippen molar-refractivity contribution in [2.24, 2.45) is 0 Å². The molecular weight excluding hydrogens is 1570 g/mol. The van der Waals surface area contributed by atoms with Gasteiger partial charge in [-0.05, 0) is 64.2 Å². The van der Waals surface area contributed by atoms with Crippen LogP contribution in [0.25, 0.3) is 0 Å². The second-order valence-corrected chi connectivity index (χ2v) is 36.5. The summed E-state index contributed by atoms with van der Waals surface area (Å²) in [5.41, 5.74) is 0. The summed E-state index contributed by atoms with van der Waals surface area (Å²) in [6, 6.07) is 0. The molecule has 0 aliphatic rings. The first-order valence-corrected chi connectivity index (χ1v) is 53.9. The Morgan fingerprint density at radius 2 is 0.205 bits per heavy atom. The Labute approximate surface area is 783 Å². The second-order valence-electron chi connectivity index (χ2n) is 36.5. The normalized spacial score (nSPS) is 10.7. The average Bonchev–Trinajstić information content (AvgIpc) is 1.20. The van der Waals surface area contributed by atoms with Gasteiger partial charge in [0.2, 0.25) is 0 Å². The molecule has 14 heteroatoms. The number of hydrogen-bond acceptors (Lipinski definition) is 10.